The molecule has 0 N–H and O–H groups in total. The van der Waals surface area contributed by atoms with Crippen LogP contribution in [0.3, 0.4) is 0 Å². The van der Waals surface area contributed by atoms with E-state index in [9.17, 15) is 0 Å². The van der Waals surface area contributed by atoms with Crippen molar-refractivity contribution in [3.8, 4) is 33.8 Å². The van der Waals surface area contributed by atoms with Crippen LogP contribution in [0.15, 0.2) is 140 Å². The maximum absolute atomic E-state index is 2.68. The lowest BCUT2D eigenvalue weighted by molar-refractivity contribution is -0.849. The van der Waals surface area contributed by atoms with E-state index in [1.807, 2.05) is 11.3 Å². The van der Waals surface area contributed by atoms with E-state index in [-0.39, 0.29) is 0 Å². The summed E-state index contributed by atoms with van der Waals surface area (Å²) in [6.45, 7) is 9.31. The topological polar surface area (TPSA) is 11.6 Å². The highest BCUT2D eigenvalue weighted by Gasteiger charge is 2.74. The van der Waals surface area contributed by atoms with Gasteiger partial charge in [0.25, 0.3) is 11.1 Å². The Morgan fingerprint density at radius 2 is 1.12 bits per heavy atom. The zero-order valence-corrected chi connectivity index (χ0v) is 29.8. The van der Waals surface area contributed by atoms with Crippen molar-refractivity contribution in [3.63, 3.8) is 0 Å². The lowest BCUT2D eigenvalue weighted by atomic mass is 9.61. The Kier molecular flexibility index (Phi) is 6.06. The molecule has 8 aromatic rings. The molecule has 3 nitrogen and oxygen atoms in total. The smallest absolute Gasteiger partial charge is 0.201 e. The van der Waals surface area contributed by atoms with Crippen LogP contribution in [0.2, 0.25) is 0 Å². The van der Waals surface area contributed by atoms with Crippen LogP contribution in [0, 0.1) is 20.8 Å². The molecule has 6 heterocycles. The third kappa shape index (κ3) is 3.56. The van der Waals surface area contributed by atoms with Crippen LogP contribution < -0.4 is 13.7 Å². The van der Waals surface area contributed by atoms with Gasteiger partial charge in [-0.25, -0.2) is 4.57 Å². The molecular weight excluding hydrogens is 627 g/mol. The fourth-order valence-electron chi connectivity index (χ4n) is 9.67. The fourth-order valence-corrected chi connectivity index (χ4v) is 10.8. The van der Waals surface area contributed by atoms with Crippen molar-refractivity contribution in [1.82, 2.24) is 0 Å². The molecule has 2 aliphatic heterocycles. The number of aryl methyl sites for hydroxylation is 4. The molecule has 0 radical (unpaired) electrons. The Hall–Kier alpha value is -5.45. The summed E-state index contributed by atoms with van der Waals surface area (Å²) in [5.41, 5.74) is 14.0. The zero-order valence-electron chi connectivity index (χ0n) is 29.0. The average Bonchev–Trinajstić information content (AvgIpc) is 3.66. The summed E-state index contributed by atoms with van der Waals surface area (Å²) in [6.07, 6.45) is 2.21. The lowest BCUT2D eigenvalue weighted by Gasteiger charge is -2.44. The molecule has 2 atom stereocenters. The van der Waals surface area contributed by atoms with Crippen LogP contribution in [0.5, 0.6) is 0 Å². The lowest BCUT2D eigenvalue weighted by Crippen LogP contribution is -2.79. The van der Waals surface area contributed by atoms with Crippen molar-refractivity contribution in [2.75, 3.05) is 0 Å². The van der Waals surface area contributed by atoms with E-state index in [2.05, 4.69) is 188 Å². The Balaban J connectivity index is 1.49. The minimum absolute atomic E-state index is 0.624. The van der Waals surface area contributed by atoms with Gasteiger partial charge in [0, 0.05) is 94.0 Å². The Morgan fingerprint density at radius 1 is 0.500 bits per heavy atom. The molecule has 50 heavy (non-hydrogen) atoms. The summed E-state index contributed by atoms with van der Waals surface area (Å²) in [7, 11) is 2.19. The predicted molar refractivity (Wildman–Crippen MR) is 203 cm³/mol. The van der Waals surface area contributed by atoms with E-state index in [1.165, 1.54) is 87.6 Å². The van der Waals surface area contributed by atoms with E-state index in [4.69, 9.17) is 0 Å². The number of thiophene rings is 1. The van der Waals surface area contributed by atoms with Crippen molar-refractivity contribution in [3.05, 3.63) is 173 Å². The number of hydrogen-bond donors (Lipinski definition) is 0. The summed E-state index contributed by atoms with van der Waals surface area (Å²) in [5, 5.41) is 2.63. The van der Waals surface area contributed by atoms with Gasteiger partial charge < -0.3 is 0 Å². The van der Waals surface area contributed by atoms with Gasteiger partial charge in [-0.15, -0.1) is 11.3 Å². The Morgan fingerprint density at radius 3 is 1.84 bits per heavy atom. The van der Waals surface area contributed by atoms with E-state index in [0.717, 1.165) is 0 Å². The van der Waals surface area contributed by atoms with Crippen molar-refractivity contribution in [1.29, 1.82) is 0 Å². The number of rotatable bonds is 2. The van der Waals surface area contributed by atoms with Gasteiger partial charge in [0.2, 0.25) is 17.1 Å². The van der Waals surface area contributed by atoms with Crippen molar-refractivity contribution >= 4 is 31.5 Å². The molecule has 4 aromatic carbocycles. The van der Waals surface area contributed by atoms with Crippen LogP contribution in [0.4, 0.5) is 0 Å². The van der Waals surface area contributed by atoms with Crippen LogP contribution in [0.1, 0.15) is 40.6 Å². The van der Waals surface area contributed by atoms with Crippen LogP contribution in [-0.4, -0.2) is 0 Å². The molecule has 0 saturated heterocycles. The molecule has 4 aromatic heterocycles. The second kappa shape index (κ2) is 10.3. The molecule has 4 heteroatoms. The first-order valence-corrected chi connectivity index (χ1v) is 18.3. The Labute approximate surface area is 297 Å². The summed E-state index contributed by atoms with van der Waals surface area (Å²) >= 11 is 1.89. The SMILES string of the molecule is Cc1cc[n+](C)c(-c2cc3sc4ccccc4c3cc2C2(C)[n+]3c(C)cccc3-c3ccccc3C23c2ccccc2-c2cccc(C)[n+]23)c1. The molecule has 0 bridgehead atoms. The van der Waals surface area contributed by atoms with Crippen LogP contribution in [0.25, 0.3) is 53.9 Å². The minimum atomic E-state index is -0.635. The number of nitrogens with zero attached hydrogens (tertiary/aromatic N) is 3. The molecule has 0 saturated carbocycles. The third-order valence-corrected chi connectivity index (χ3v) is 12.8. The van der Waals surface area contributed by atoms with Gasteiger partial charge in [-0.2, -0.15) is 9.13 Å². The van der Waals surface area contributed by atoms with Crippen LogP contribution in [-0.2, 0) is 18.1 Å². The van der Waals surface area contributed by atoms with Crippen molar-refractivity contribution < 1.29 is 13.7 Å². The van der Waals surface area contributed by atoms with Gasteiger partial charge in [-0.3, -0.25) is 0 Å². The van der Waals surface area contributed by atoms with Crippen molar-refractivity contribution in [2.24, 2.45) is 7.05 Å². The average molecular weight is 665 g/mol. The standard InChI is InChI=1S/C46H38N3S/c1-29-24-25-47(5)42(26-29)36-28-44-35(32-16-8-11-23-43(32)50-44)27-39(36)45(4)46(37-19-9-6-17-33(37)40-21-12-14-30(2)48(40)45)38-20-10-7-18-34(38)41-22-13-15-31(3)49(41)46/h6-28H,1-5H3/q+3. The van der Waals surface area contributed by atoms with Gasteiger partial charge in [0.1, 0.15) is 7.05 Å². The molecule has 2 aliphatic rings. The van der Waals surface area contributed by atoms with E-state index in [0.29, 0.717) is 0 Å². The first-order chi connectivity index (χ1) is 24.3. The van der Waals surface area contributed by atoms with Gasteiger partial charge in [0.05, 0.1) is 16.7 Å². The second-order valence-electron chi connectivity index (χ2n) is 14.3. The normalized spacial score (nSPS) is 18.7. The summed E-state index contributed by atoms with van der Waals surface area (Å²) < 4.78 is 10.3. The molecule has 0 fully saturated rings. The van der Waals surface area contributed by atoms with Gasteiger partial charge >= 0.3 is 0 Å². The summed E-state index contributed by atoms with van der Waals surface area (Å²) in [6, 6.07) is 50.5. The molecule has 240 valence electrons. The summed E-state index contributed by atoms with van der Waals surface area (Å²) in [5.74, 6) is 0. The number of fused-ring (bicyclic) bond motifs is 12. The largest absolute Gasteiger partial charge is 0.288 e. The van der Waals surface area contributed by atoms with Gasteiger partial charge in [0.15, 0.2) is 17.6 Å². The Bertz CT molecular complexity index is 2740. The molecule has 0 aliphatic carbocycles. The fraction of sp³-hybridized carbons (Fsp3) is 0.152. The first kappa shape index (κ1) is 29.5. The van der Waals surface area contributed by atoms with Gasteiger partial charge in [-0.1, -0.05) is 54.6 Å². The molecule has 2 unspecified atom stereocenters. The molecule has 1 spiro atoms. The molecular formula is C46H38N3S+3. The monoisotopic (exact) mass is 664 g/mol. The molecule has 10 rings (SSSR count). The highest BCUT2D eigenvalue weighted by molar-refractivity contribution is 7.25. The van der Waals surface area contributed by atoms with Crippen molar-refractivity contribution in [2.45, 2.75) is 38.8 Å². The van der Waals surface area contributed by atoms with E-state index < -0.39 is 11.1 Å². The minimum Gasteiger partial charge on any atom is -0.201 e. The quantitative estimate of drug-likeness (QED) is 0.163. The van der Waals surface area contributed by atoms with Crippen LogP contribution >= 0.6 is 11.3 Å². The highest BCUT2D eigenvalue weighted by Crippen LogP contribution is 2.58. The number of aromatic nitrogens is 3. The summed E-state index contributed by atoms with van der Waals surface area (Å²) in [4.78, 5) is 0. The highest BCUT2D eigenvalue weighted by atomic mass is 32.1. The molecule has 0 amide bonds. The second-order valence-corrected chi connectivity index (χ2v) is 15.4. The number of pyridine rings is 3. The number of hydrogen-bond acceptors (Lipinski definition) is 1. The number of benzene rings is 4. The van der Waals surface area contributed by atoms with Gasteiger partial charge in [-0.05, 0) is 55.0 Å². The first-order valence-electron chi connectivity index (χ1n) is 17.5. The maximum atomic E-state index is 2.68. The zero-order chi connectivity index (χ0) is 33.9. The predicted octanol–water partition coefficient (Wildman–Crippen LogP) is 9.26. The van der Waals surface area contributed by atoms with E-state index >= 15 is 0 Å². The maximum Gasteiger partial charge on any atom is 0.288 e. The van der Waals surface area contributed by atoms with E-state index in [1.54, 1.807) is 0 Å². The third-order valence-electron chi connectivity index (χ3n) is 11.7.